The van der Waals surface area contributed by atoms with Crippen molar-refractivity contribution >= 4 is 29.3 Å². The van der Waals surface area contributed by atoms with Gasteiger partial charge in [0, 0.05) is 37.7 Å². The lowest BCUT2D eigenvalue weighted by Gasteiger charge is -2.01. The molecule has 136 valence electrons. The monoisotopic (exact) mass is 377 g/mol. The molecule has 0 radical (unpaired) electrons. The zero-order valence-electron chi connectivity index (χ0n) is 14.0. The Morgan fingerprint density at radius 1 is 1.23 bits per heavy atom. The summed E-state index contributed by atoms with van der Waals surface area (Å²) < 4.78 is 4.60. The number of rotatable bonds is 6. The molecule has 10 nitrogen and oxygen atoms in total. The van der Waals surface area contributed by atoms with Gasteiger partial charge in [-0.3, -0.25) is 18.8 Å². The van der Waals surface area contributed by atoms with E-state index in [0.29, 0.717) is 6.54 Å². The van der Waals surface area contributed by atoms with Crippen molar-refractivity contribution in [2.75, 3.05) is 5.32 Å². The predicted octanol–water partition coefficient (Wildman–Crippen LogP) is 1.49. The second-order valence-electron chi connectivity index (χ2n) is 5.55. The van der Waals surface area contributed by atoms with Crippen molar-refractivity contribution in [3.63, 3.8) is 0 Å². The summed E-state index contributed by atoms with van der Waals surface area (Å²) in [6.45, 7) is 3.18. The Morgan fingerprint density at radius 3 is 2.65 bits per heavy atom. The maximum absolute atomic E-state index is 12.3. The highest BCUT2D eigenvalue weighted by Crippen LogP contribution is 2.21. The van der Waals surface area contributed by atoms with Crippen LogP contribution in [0.4, 0.5) is 5.82 Å². The zero-order chi connectivity index (χ0) is 18.8. The summed E-state index contributed by atoms with van der Waals surface area (Å²) in [6, 6.07) is 0. The molecule has 0 spiro atoms. The number of nitrogens with one attached hydrogen (secondary N) is 1. The summed E-state index contributed by atoms with van der Waals surface area (Å²) in [5.74, 6) is -1.82. The van der Waals surface area contributed by atoms with Crippen LogP contribution in [0.2, 0.25) is 5.02 Å². The summed E-state index contributed by atoms with van der Waals surface area (Å²) >= 11 is 6.12. The number of carboxylic acid groups (broad SMARTS) is 1. The van der Waals surface area contributed by atoms with E-state index in [-0.39, 0.29) is 22.1 Å². The van der Waals surface area contributed by atoms with Crippen LogP contribution in [-0.2, 0) is 20.1 Å². The molecule has 26 heavy (non-hydrogen) atoms. The largest absolute Gasteiger partial charge is 0.478 e. The van der Waals surface area contributed by atoms with E-state index in [4.69, 9.17) is 16.7 Å². The smallest absolute Gasteiger partial charge is 0.339 e. The maximum atomic E-state index is 12.3. The summed E-state index contributed by atoms with van der Waals surface area (Å²) in [5.41, 5.74) is 0.518. The number of anilines is 1. The molecule has 3 rings (SSSR count). The number of hydrogen-bond donors (Lipinski definition) is 2. The molecule has 1 amide bonds. The summed E-state index contributed by atoms with van der Waals surface area (Å²) in [4.78, 5) is 23.5. The number of aromatic carboxylic acids is 1. The van der Waals surface area contributed by atoms with Crippen molar-refractivity contribution in [1.82, 2.24) is 29.3 Å². The van der Waals surface area contributed by atoms with Crippen molar-refractivity contribution in [3.05, 3.63) is 46.6 Å². The van der Waals surface area contributed by atoms with Gasteiger partial charge in [-0.25, -0.2) is 4.79 Å². The fourth-order valence-corrected chi connectivity index (χ4v) is 2.59. The normalized spacial score (nSPS) is 10.9. The molecule has 0 aromatic carbocycles. The van der Waals surface area contributed by atoms with Crippen molar-refractivity contribution in [1.29, 1.82) is 0 Å². The van der Waals surface area contributed by atoms with E-state index in [1.807, 2.05) is 13.1 Å². The average molecular weight is 378 g/mol. The standard InChI is InChI=1S/C15H16ClN7O3/c1-3-22-5-9(4-17-22)6-23-8-11(16)13(20-23)18-14(24)12-10(15(25)26)7-21(2)19-12/h4-5,7-8H,3,6H2,1-2H3,(H,25,26)(H,18,20,24). The number of carbonyl (C=O) groups excluding carboxylic acids is 1. The van der Waals surface area contributed by atoms with E-state index in [1.54, 1.807) is 21.8 Å². The van der Waals surface area contributed by atoms with Crippen LogP contribution in [0.25, 0.3) is 0 Å². The Labute approximate surface area is 153 Å². The first-order valence-corrected chi connectivity index (χ1v) is 8.07. The fraction of sp³-hybridized carbons (Fsp3) is 0.267. The number of carbonyl (C=O) groups is 2. The molecule has 11 heteroatoms. The third kappa shape index (κ3) is 3.59. The summed E-state index contributed by atoms with van der Waals surface area (Å²) in [5, 5.41) is 24.2. The fourth-order valence-electron chi connectivity index (χ4n) is 2.39. The number of halogens is 1. The molecule has 0 unspecified atom stereocenters. The minimum atomic E-state index is -1.24. The van der Waals surface area contributed by atoms with Gasteiger partial charge in [-0.1, -0.05) is 11.6 Å². The number of hydrogen-bond acceptors (Lipinski definition) is 5. The van der Waals surface area contributed by atoms with Crippen LogP contribution in [0, 0.1) is 0 Å². The average Bonchev–Trinajstić information content (AvgIpc) is 3.27. The Balaban J connectivity index is 1.77. The van der Waals surface area contributed by atoms with E-state index < -0.39 is 11.9 Å². The lowest BCUT2D eigenvalue weighted by atomic mass is 10.2. The molecule has 0 bridgehead atoms. The predicted molar refractivity (Wildman–Crippen MR) is 92.4 cm³/mol. The third-order valence-corrected chi connectivity index (χ3v) is 3.86. The topological polar surface area (TPSA) is 120 Å². The molecule has 0 saturated heterocycles. The van der Waals surface area contributed by atoms with Crippen LogP contribution < -0.4 is 5.32 Å². The minimum Gasteiger partial charge on any atom is -0.478 e. The molecule has 0 saturated carbocycles. The van der Waals surface area contributed by atoms with Crippen LogP contribution in [0.3, 0.4) is 0 Å². The quantitative estimate of drug-likeness (QED) is 0.671. The van der Waals surface area contributed by atoms with Gasteiger partial charge in [0.25, 0.3) is 5.91 Å². The lowest BCUT2D eigenvalue weighted by molar-refractivity contribution is 0.0692. The second-order valence-corrected chi connectivity index (χ2v) is 5.96. The number of nitrogens with zero attached hydrogens (tertiary/aromatic N) is 6. The van der Waals surface area contributed by atoms with Crippen LogP contribution in [0.15, 0.2) is 24.8 Å². The van der Waals surface area contributed by atoms with Crippen molar-refractivity contribution < 1.29 is 14.7 Å². The molecular weight excluding hydrogens is 362 g/mol. The molecule has 0 atom stereocenters. The number of carboxylic acids is 1. The van der Waals surface area contributed by atoms with Crippen LogP contribution in [0.1, 0.15) is 33.3 Å². The molecule has 3 heterocycles. The Hall–Kier alpha value is -3.14. The molecule has 0 aliphatic rings. The SMILES string of the molecule is CCn1cc(Cn2cc(Cl)c(NC(=O)c3nn(C)cc3C(=O)O)n2)cn1. The van der Waals surface area contributed by atoms with Crippen molar-refractivity contribution in [3.8, 4) is 0 Å². The van der Waals surface area contributed by atoms with E-state index in [9.17, 15) is 9.59 Å². The van der Waals surface area contributed by atoms with Gasteiger partial charge in [0.05, 0.1) is 12.7 Å². The Kier molecular flexibility index (Phi) is 4.76. The molecule has 0 aliphatic heterocycles. The van der Waals surface area contributed by atoms with Gasteiger partial charge < -0.3 is 10.4 Å². The van der Waals surface area contributed by atoms with Gasteiger partial charge in [-0.05, 0) is 6.92 Å². The summed E-state index contributed by atoms with van der Waals surface area (Å²) in [7, 11) is 1.53. The highest BCUT2D eigenvalue weighted by atomic mass is 35.5. The maximum Gasteiger partial charge on any atom is 0.339 e. The van der Waals surface area contributed by atoms with Gasteiger partial charge in [0.1, 0.15) is 10.6 Å². The van der Waals surface area contributed by atoms with E-state index in [2.05, 4.69) is 20.6 Å². The van der Waals surface area contributed by atoms with Gasteiger partial charge in [0.15, 0.2) is 11.5 Å². The Morgan fingerprint density at radius 2 is 2.00 bits per heavy atom. The molecule has 0 fully saturated rings. The molecule has 0 aliphatic carbocycles. The Bertz CT molecular complexity index is 972. The van der Waals surface area contributed by atoms with E-state index >= 15 is 0 Å². The molecular formula is C15H16ClN7O3. The van der Waals surface area contributed by atoms with Gasteiger partial charge in [-0.2, -0.15) is 15.3 Å². The van der Waals surface area contributed by atoms with E-state index in [1.165, 1.54) is 17.9 Å². The van der Waals surface area contributed by atoms with Crippen molar-refractivity contribution in [2.24, 2.45) is 7.05 Å². The molecule has 2 N–H and O–H groups in total. The first-order chi connectivity index (χ1) is 12.4. The number of aromatic nitrogens is 6. The van der Waals surface area contributed by atoms with Crippen LogP contribution in [0.5, 0.6) is 0 Å². The summed E-state index contributed by atoms with van der Waals surface area (Å²) in [6.07, 6.45) is 6.44. The lowest BCUT2D eigenvalue weighted by Crippen LogP contribution is -2.17. The molecule has 3 aromatic heterocycles. The number of amides is 1. The second kappa shape index (κ2) is 7.00. The minimum absolute atomic E-state index is 0.126. The first-order valence-electron chi connectivity index (χ1n) is 7.70. The highest BCUT2D eigenvalue weighted by molar-refractivity contribution is 6.33. The highest BCUT2D eigenvalue weighted by Gasteiger charge is 2.22. The van der Waals surface area contributed by atoms with Crippen molar-refractivity contribution in [2.45, 2.75) is 20.0 Å². The van der Waals surface area contributed by atoms with Gasteiger partial charge >= 0.3 is 5.97 Å². The van der Waals surface area contributed by atoms with E-state index in [0.717, 1.165) is 12.1 Å². The first kappa shape index (κ1) is 17.7. The number of aryl methyl sites for hydroxylation is 2. The zero-order valence-corrected chi connectivity index (χ0v) is 14.8. The van der Waals surface area contributed by atoms with Gasteiger partial charge in [-0.15, -0.1) is 0 Å². The van der Waals surface area contributed by atoms with Crippen LogP contribution >= 0.6 is 11.6 Å². The molecule has 3 aromatic rings. The third-order valence-electron chi connectivity index (χ3n) is 3.58. The van der Waals surface area contributed by atoms with Crippen LogP contribution in [-0.4, -0.2) is 46.3 Å². The van der Waals surface area contributed by atoms with Gasteiger partial charge in [0.2, 0.25) is 0 Å².